The molecule has 0 bridgehead atoms. The van der Waals surface area contributed by atoms with Gasteiger partial charge in [0.25, 0.3) is 40.4 Å². The van der Waals surface area contributed by atoms with Gasteiger partial charge in [-0.15, -0.1) is 10.2 Å². The molecule has 3 rings (SSSR count). The number of nitrogens with one attached hydrogen (secondary N) is 2. The minimum Gasteiger partial charge on any atom is -0.444 e. The van der Waals surface area contributed by atoms with Crippen molar-refractivity contribution in [2.24, 2.45) is 10.6 Å². The van der Waals surface area contributed by atoms with Gasteiger partial charge in [0.1, 0.15) is 0 Å². The van der Waals surface area contributed by atoms with Crippen molar-refractivity contribution in [1.29, 1.82) is 10.8 Å². The molecule has 0 aliphatic carbocycles. The molecule has 0 unspecified atom stereocenters. The number of hydrogen-bond donors (Lipinski definition) is 6. The Bertz CT molecular complexity index is 1920. The van der Waals surface area contributed by atoms with Crippen LogP contribution in [0, 0.1) is 25.8 Å². The maximum Gasteiger partial charge on any atom is 1.00 e. The summed E-state index contributed by atoms with van der Waals surface area (Å²) in [7, 11) is -29.4. The van der Waals surface area contributed by atoms with E-state index in [1.807, 2.05) is 0 Å². The fourth-order valence-corrected chi connectivity index (χ4v) is 13.9. The SMILES string of the molecule is C.N#N.O=NN1CCS(=O)(=O)CS1(=O)=O.O=N[O-].O=S(=O)(O)CCNCO.O=S(=O)(O)CCO.O=S1(=O)CCNS(=O)(=O)C1.O=S1(=O)CCOS(=O)(=O)C1.[H+].[Na+]. The van der Waals surface area contributed by atoms with Crippen LogP contribution in [0.5, 0.6) is 0 Å². The average molecular weight is 981 g/mol. The van der Waals surface area contributed by atoms with Crippen LogP contribution in [0.4, 0.5) is 0 Å². The van der Waals surface area contributed by atoms with Crippen LogP contribution in [0.15, 0.2) is 10.6 Å². The summed E-state index contributed by atoms with van der Waals surface area (Å²) in [5.74, 6) is -1.59. The van der Waals surface area contributed by atoms with Crippen molar-refractivity contribution >= 4 is 79.9 Å². The maximum absolute atomic E-state index is 10.9. The third kappa shape index (κ3) is 42.0. The number of aliphatic hydroxyl groups excluding tert-OH is 2. The minimum atomic E-state index is -4.02. The van der Waals surface area contributed by atoms with Crippen molar-refractivity contribution < 1.29 is 122 Å². The van der Waals surface area contributed by atoms with E-state index in [-0.39, 0.29) is 98.8 Å². The second kappa shape index (κ2) is 29.7. The zero-order valence-electron chi connectivity index (χ0n) is 28.4. The molecule has 3 fully saturated rings. The van der Waals surface area contributed by atoms with Gasteiger partial charge in [0.15, 0.2) is 44.8 Å². The molecule has 0 radical (unpaired) electrons. The molecule has 0 aromatic rings. The number of sulfone groups is 3. The quantitative estimate of drug-likeness (QED) is 0.0202. The number of sulfonamides is 2. The second-order valence-corrected chi connectivity index (χ2v) is 25.0. The van der Waals surface area contributed by atoms with Crippen molar-refractivity contribution in [1.82, 2.24) is 14.5 Å². The van der Waals surface area contributed by atoms with E-state index in [0.717, 1.165) is 5.34 Å². The number of nitroso groups, excluding NO2 is 1. The van der Waals surface area contributed by atoms with Crippen molar-refractivity contribution in [2.75, 3.05) is 83.6 Å². The van der Waals surface area contributed by atoms with E-state index in [9.17, 15) is 72.2 Å². The summed E-state index contributed by atoms with van der Waals surface area (Å²) < 4.78 is 190. The van der Waals surface area contributed by atoms with E-state index >= 15 is 0 Å². The van der Waals surface area contributed by atoms with Gasteiger partial charge < -0.3 is 20.3 Å². The summed E-state index contributed by atoms with van der Waals surface area (Å²) in [4.78, 5) is 17.9. The molecule has 0 aromatic carbocycles. The smallest absolute Gasteiger partial charge is 0.444 e. The van der Waals surface area contributed by atoms with Crippen LogP contribution in [-0.4, -0.2) is 175 Å². The summed E-state index contributed by atoms with van der Waals surface area (Å²) >= 11 is 0. The van der Waals surface area contributed by atoms with E-state index in [1.54, 1.807) is 0 Å². The summed E-state index contributed by atoms with van der Waals surface area (Å²) in [5.41, 5.74) is 0. The van der Waals surface area contributed by atoms with Gasteiger partial charge in [-0.2, -0.15) is 29.7 Å². The topological polar surface area (TPSA) is 520 Å². The van der Waals surface area contributed by atoms with Crippen LogP contribution in [0.25, 0.3) is 0 Å². The van der Waals surface area contributed by atoms with E-state index < -0.39 is 108 Å². The number of hydrogen-bond acceptors (Lipinski definition) is 27. The molecule has 0 aromatic heterocycles. The van der Waals surface area contributed by atoms with Gasteiger partial charge in [0.2, 0.25) is 10.0 Å². The molecular formula is C15H39N7NaO24S8+. The first kappa shape index (κ1) is 65.4. The largest absolute Gasteiger partial charge is 1.00 e. The van der Waals surface area contributed by atoms with Gasteiger partial charge >= 0.3 is 31.0 Å². The van der Waals surface area contributed by atoms with Crippen molar-refractivity contribution in [2.45, 2.75) is 7.43 Å². The summed E-state index contributed by atoms with van der Waals surface area (Å²) in [6, 6.07) is 0. The predicted octanol–water partition coefficient (Wildman–Crippen LogP) is -8.99. The van der Waals surface area contributed by atoms with Gasteiger partial charge in [-0.05, 0) is 0 Å². The number of rotatable bonds is 7. The molecule has 0 spiro atoms. The number of nitrogens with zero attached hydrogens (tertiary/aromatic N) is 5. The van der Waals surface area contributed by atoms with Crippen LogP contribution >= 0.6 is 0 Å². The Morgan fingerprint density at radius 3 is 1.47 bits per heavy atom. The predicted molar refractivity (Wildman–Crippen MR) is 185 cm³/mol. The normalized spacial score (nSPS) is 20.2. The molecule has 326 valence electrons. The van der Waals surface area contributed by atoms with Crippen LogP contribution in [-0.2, 0) is 84.1 Å². The molecule has 0 amide bonds. The second-order valence-electron chi connectivity index (χ2n) is 8.85. The van der Waals surface area contributed by atoms with Crippen LogP contribution < -0.4 is 39.6 Å². The molecule has 6 N–H and O–H groups in total. The first-order valence-corrected chi connectivity index (χ1v) is 26.0. The summed E-state index contributed by atoms with van der Waals surface area (Å²) in [6.07, 6.45) is 0. The van der Waals surface area contributed by atoms with Crippen molar-refractivity contribution in [3.8, 4) is 0 Å². The van der Waals surface area contributed by atoms with Gasteiger partial charge in [-0.25, -0.2) is 46.8 Å². The molecule has 3 saturated heterocycles. The van der Waals surface area contributed by atoms with Crippen molar-refractivity contribution in [3.63, 3.8) is 0 Å². The Hall–Kier alpha value is -1.46. The molecule has 40 heteroatoms. The average Bonchev–Trinajstić information content (AvgIpc) is 2.91. The Balaban J connectivity index is -0.000000104. The molecule has 3 aliphatic heterocycles. The van der Waals surface area contributed by atoms with Crippen molar-refractivity contribution in [3.05, 3.63) is 15.0 Å². The number of aliphatic hydroxyl groups is 2. The monoisotopic (exact) mass is 980 g/mol. The third-order valence-electron chi connectivity index (χ3n) is 4.38. The first-order valence-electron chi connectivity index (χ1n) is 12.5. The minimum absolute atomic E-state index is 0. The zero-order valence-corrected chi connectivity index (χ0v) is 35.9. The maximum atomic E-state index is 10.9. The standard InChI is InChI=1S/C3H6N2O5S2.C3H7NO4S2.C3H9NO4S.C3H6O5S2.C2H6O4S.CH4.N2.HNO2.Na/c6-4-5-1-2-11(7,8)3-12(5,9)10;5-9(6)2-1-4-10(7,8)3-9;5-3-4-1-2-9(6,7)8;4-9(5)2-1-8-10(6,7)3-9;3-1-2-7(4,5)6;;1-2;2-1-3;/h1-3H2;4H,1-3H2;4-5H,1-3H2,(H,6,7,8);1-3H2;3H,1-2H2,(H,4,5,6);1H4;;(H,2,3);/q;;;;;;;;+1. The summed E-state index contributed by atoms with van der Waals surface area (Å²) in [5, 5.41) is 38.8. The molecule has 0 atom stereocenters. The molecular weight excluding hydrogens is 942 g/mol. The molecule has 55 heavy (non-hydrogen) atoms. The Morgan fingerprint density at radius 1 is 0.782 bits per heavy atom. The fraction of sp³-hybridized carbons (Fsp3) is 1.00. The van der Waals surface area contributed by atoms with Crippen LogP contribution in [0.3, 0.4) is 0 Å². The first-order chi connectivity index (χ1) is 23.7. The van der Waals surface area contributed by atoms with Crippen LogP contribution in [0.2, 0.25) is 0 Å². The molecule has 3 aliphatic rings. The molecule has 31 nitrogen and oxygen atoms in total. The van der Waals surface area contributed by atoms with E-state index in [0.29, 0.717) is 0 Å². The zero-order chi connectivity index (χ0) is 43.0. The Kier molecular flexibility index (Phi) is 35.3. The van der Waals surface area contributed by atoms with Crippen LogP contribution in [0.1, 0.15) is 8.85 Å². The van der Waals surface area contributed by atoms with E-state index in [1.165, 1.54) is 0 Å². The Morgan fingerprint density at radius 2 is 1.22 bits per heavy atom. The van der Waals surface area contributed by atoms with E-state index in [4.69, 9.17) is 40.2 Å². The van der Waals surface area contributed by atoms with Gasteiger partial charge in [0, 0.05) is 23.9 Å². The third-order valence-corrected chi connectivity index (χ3v) is 18.2. The van der Waals surface area contributed by atoms with Gasteiger partial charge in [0.05, 0.1) is 60.5 Å². The van der Waals surface area contributed by atoms with Gasteiger partial charge in [-0.1, -0.05) is 7.43 Å². The fourth-order valence-electron chi connectivity index (χ4n) is 2.48. The molecule has 0 saturated carbocycles. The molecule has 3 heterocycles. The summed E-state index contributed by atoms with van der Waals surface area (Å²) in [6.45, 7) is -1.37. The van der Waals surface area contributed by atoms with E-state index in [2.05, 4.69) is 19.5 Å². The van der Waals surface area contributed by atoms with Gasteiger partial charge in [-0.3, -0.25) is 18.6 Å². The Labute approximate surface area is 341 Å².